The van der Waals surface area contributed by atoms with Gasteiger partial charge in [-0.05, 0) is 68.0 Å². The van der Waals surface area contributed by atoms with E-state index in [1.165, 1.54) is 20.5 Å². The van der Waals surface area contributed by atoms with Crippen LogP contribution >= 0.6 is 22.9 Å². The highest BCUT2D eigenvalue weighted by atomic mass is 35.5. The molecule has 2 heterocycles. The summed E-state index contributed by atoms with van der Waals surface area (Å²) in [4.78, 5) is 44.3. The molecule has 1 aliphatic carbocycles. The fourth-order valence-corrected chi connectivity index (χ4v) is 6.24. The van der Waals surface area contributed by atoms with Gasteiger partial charge in [0.05, 0.1) is 11.1 Å². The Balaban J connectivity index is 1.64. The Kier molecular flexibility index (Phi) is 6.62. The van der Waals surface area contributed by atoms with Gasteiger partial charge in [-0.3, -0.25) is 14.2 Å². The van der Waals surface area contributed by atoms with Gasteiger partial charge in [-0.15, -0.1) is 11.3 Å². The molecule has 0 spiro atoms. The SMILES string of the molecule is CCN(Cc1ccccc1)C(=O)Cn1c(=O)n(-c2ccc(Cl)cc2)c(=O)c2c3c(sc21)CCCC3. The van der Waals surface area contributed by atoms with Crippen molar-refractivity contribution >= 4 is 39.1 Å². The molecule has 0 saturated heterocycles. The molecule has 35 heavy (non-hydrogen) atoms. The maximum Gasteiger partial charge on any atom is 0.337 e. The van der Waals surface area contributed by atoms with Gasteiger partial charge in [-0.1, -0.05) is 41.9 Å². The first-order valence-electron chi connectivity index (χ1n) is 11.9. The second-order valence-electron chi connectivity index (χ2n) is 8.77. The zero-order valence-electron chi connectivity index (χ0n) is 19.5. The van der Waals surface area contributed by atoms with Crippen LogP contribution < -0.4 is 11.2 Å². The molecule has 0 atom stereocenters. The Hall–Kier alpha value is -3.16. The van der Waals surface area contributed by atoms with Crippen LogP contribution in [0.5, 0.6) is 0 Å². The van der Waals surface area contributed by atoms with Crippen LogP contribution in [0.2, 0.25) is 5.02 Å². The second-order valence-corrected chi connectivity index (χ2v) is 10.3. The summed E-state index contributed by atoms with van der Waals surface area (Å²) in [5.74, 6) is -0.160. The highest BCUT2D eigenvalue weighted by Crippen LogP contribution is 2.34. The molecule has 180 valence electrons. The predicted octanol–water partition coefficient (Wildman–Crippen LogP) is 4.79. The molecule has 1 aliphatic rings. The first-order chi connectivity index (χ1) is 17.0. The number of benzene rings is 2. The molecule has 6 nitrogen and oxygen atoms in total. The number of hydrogen-bond donors (Lipinski definition) is 0. The largest absolute Gasteiger partial charge is 0.337 e. The molecule has 2 aromatic carbocycles. The third kappa shape index (κ3) is 4.46. The van der Waals surface area contributed by atoms with Gasteiger partial charge in [0.1, 0.15) is 11.4 Å². The highest BCUT2D eigenvalue weighted by Gasteiger charge is 2.26. The molecule has 8 heteroatoms. The zero-order valence-corrected chi connectivity index (χ0v) is 21.1. The molecule has 4 aromatic rings. The van der Waals surface area contributed by atoms with Gasteiger partial charge in [0.25, 0.3) is 5.56 Å². The Morgan fingerprint density at radius 1 is 1.03 bits per heavy atom. The van der Waals surface area contributed by atoms with Gasteiger partial charge in [0.15, 0.2) is 0 Å². The summed E-state index contributed by atoms with van der Waals surface area (Å²) in [6.45, 7) is 2.79. The van der Waals surface area contributed by atoms with Crippen LogP contribution in [-0.4, -0.2) is 26.5 Å². The number of thiophene rings is 1. The van der Waals surface area contributed by atoms with Crippen LogP contribution in [0.15, 0.2) is 64.2 Å². The van der Waals surface area contributed by atoms with E-state index in [9.17, 15) is 14.4 Å². The van der Waals surface area contributed by atoms with Gasteiger partial charge in [-0.25, -0.2) is 9.36 Å². The molecule has 2 aromatic heterocycles. The molecule has 0 radical (unpaired) electrons. The molecule has 0 bridgehead atoms. The summed E-state index contributed by atoms with van der Waals surface area (Å²) in [6, 6.07) is 16.4. The van der Waals surface area contributed by atoms with Crippen LogP contribution in [0, 0.1) is 0 Å². The molecule has 0 unspecified atom stereocenters. The summed E-state index contributed by atoms with van der Waals surface area (Å²) in [6.07, 6.45) is 3.78. The molecule has 0 saturated carbocycles. The fraction of sp³-hybridized carbons (Fsp3) is 0.296. The van der Waals surface area contributed by atoms with Crippen molar-refractivity contribution in [3.63, 3.8) is 0 Å². The van der Waals surface area contributed by atoms with E-state index in [-0.39, 0.29) is 18.0 Å². The van der Waals surface area contributed by atoms with Crippen molar-refractivity contribution in [1.29, 1.82) is 0 Å². The molecule has 0 fully saturated rings. The number of likely N-dealkylation sites (N-methyl/N-ethyl adjacent to an activating group) is 1. The van der Waals surface area contributed by atoms with Crippen molar-refractivity contribution in [3.8, 4) is 5.69 Å². The van der Waals surface area contributed by atoms with E-state index in [0.717, 1.165) is 41.7 Å². The number of nitrogens with zero attached hydrogens (tertiary/aromatic N) is 3. The Morgan fingerprint density at radius 3 is 2.46 bits per heavy atom. The number of amides is 1. The summed E-state index contributed by atoms with van der Waals surface area (Å²) in [5, 5.41) is 1.09. The van der Waals surface area contributed by atoms with Crippen molar-refractivity contribution in [1.82, 2.24) is 14.0 Å². The van der Waals surface area contributed by atoms with Crippen LogP contribution in [-0.2, 0) is 30.7 Å². The number of halogens is 1. The predicted molar refractivity (Wildman–Crippen MR) is 141 cm³/mol. The van der Waals surface area contributed by atoms with E-state index >= 15 is 0 Å². The average Bonchev–Trinajstić information content (AvgIpc) is 3.26. The minimum absolute atomic E-state index is 0.122. The number of carbonyl (C=O) groups is 1. The van der Waals surface area contributed by atoms with Crippen LogP contribution in [0.4, 0.5) is 0 Å². The normalized spacial score (nSPS) is 13.1. The lowest BCUT2D eigenvalue weighted by Crippen LogP contribution is -2.42. The van der Waals surface area contributed by atoms with Gasteiger partial charge in [0.2, 0.25) is 5.91 Å². The quantitative estimate of drug-likeness (QED) is 0.377. The molecule has 0 N–H and O–H groups in total. The zero-order chi connectivity index (χ0) is 24.5. The number of hydrogen-bond acceptors (Lipinski definition) is 4. The summed E-state index contributed by atoms with van der Waals surface area (Å²) >= 11 is 7.53. The summed E-state index contributed by atoms with van der Waals surface area (Å²) < 4.78 is 2.67. The molecule has 0 aliphatic heterocycles. The third-order valence-corrected chi connectivity index (χ3v) is 8.13. The molecule has 1 amide bonds. The van der Waals surface area contributed by atoms with E-state index in [1.807, 2.05) is 37.3 Å². The van der Waals surface area contributed by atoms with E-state index < -0.39 is 5.69 Å². The average molecular weight is 508 g/mol. The first kappa shape index (κ1) is 23.6. The Bertz CT molecular complexity index is 1500. The second kappa shape index (κ2) is 9.84. The van der Waals surface area contributed by atoms with E-state index in [0.29, 0.717) is 34.0 Å². The van der Waals surface area contributed by atoms with Crippen LogP contribution in [0.1, 0.15) is 35.8 Å². The standard InChI is InChI=1S/C27H26ClN3O3S/c1-2-29(16-18-8-4-3-5-9-18)23(32)17-30-26-24(21-10-6-7-11-22(21)35-26)25(33)31(27(30)34)20-14-12-19(28)13-15-20/h3-5,8-9,12-15H,2,6-7,10-11,16-17H2,1H3. The number of aryl methyl sites for hydroxylation is 2. The van der Waals surface area contributed by atoms with Gasteiger partial charge in [-0.2, -0.15) is 0 Å². The van der Waals surface area contributed by atoms with Crippen molar-refractivity contribution in [2.24, 2.45) is 0 Å². The molecule has 5 rings (SSSR count). The Morgan fingerprint density at radius 2 is 1.74 bits per heavy atom. The minimum atomic E-state index is -0.507. The highest BCUT2D eigenvalue weighted by molar-refractivity contribution is 7.18. The number of aromatic nitrogens is 2. The van der Waals surface area contributed by atoms with Crippen LogP contribution in [0.25, 0.3) is 15.9 Å². The minimum Gasteiger partial charge on any atom is -0.337 e. The summed E-state index contributed by atoms with van der Waals surface area (Å²) in [5.41, 5.74) is 1.67. The van der Waals surface area contributed by atoms with Crippen molar-refractivity contribution in [3.05, 3.63) is 96.5 Å². The maximum atomic E-state index is 13.7. The van der Waals surface area contributed by atoms with Crippen molar-refractivity contribution in [2.75, 3.05) is 6.54 Å². The van der Waals surface area contributed by atoms with Gasteiger partial charge >= 0.3 is 5.69 Å². The van der Waals surface area contributed by atoms with E-state index in [4.69, 9.17) is 11.6 Å². The number of rotatable bonds is 6. The lowest BCUT2D eigenvalue weighted by atomic mass is 9.97. The summed E-state index contributed by atoms with van der Waals surface area (Å²) in [7, 11) is 0. The third-order valence-electron chi connectivity index (χ3n) is 6.57. The smallest absolute Gasteiger partial charge is 0.337 e. The van der Waals surface area contributed by atoms with Gasteiger partial charge in [0, 0.05) is 23.0 Å². The molecular formula is C27H26ClN3O3S. The van der Waals surface area contributed by atoms with Gasteiger partial charge < -0.3 is 4.90 Å². The van der Waals surface area contributed by atoms with Crippen molar-refractivity contribution in [2.45, 2.75) is 45.7 Å². The lowest BCUT2D eigenvalue weighted by molar-refractivity contribution is -0.132. The van der Waals surface area contributed by atoms with E-state index in [2.05, 4.69) is 0 Å². The number of fused-ring (bicyclic) bond motifs is 3. The fourth-order valence-electron chi connectivity index (χ4n) is 4.74. The Labute approximate surface area is 212 Å². The molecular weight excluding hydrogens is 482 g/mol. The monoisotopic (exact) mass is 507 g/mol. The first-order valence-corrected chi connectivity index (χ1v) is 13.0. The lowest BCUT2D eigenvalue weighted by Gasteiger charge is -2.22. The topological polar surface area (TPSA) is 64.3 Å². The maximum absolute atomic E-state index is 13.7. The van der Waals surface area contributed by atoms with Crippen LogP contribution in [0.3, 0.4) is 0 Å². The van der Waals surface area contributed by atoms with Crippen molar-refractivity contribution < 1.29 is 4.79 Å². The number of carbonyl (C=O) groups excluding carboxylic acids is 1. The van der Waals surface area contributed by atoms with E-state index in [1.54, 1.807) is 29.2 Å².